The van der Waals surface area contributed by atoms with Crippen molar-refractivity contribution in [2.24, 2.45) is 0 Å². The summed E-state index contributed by atoms with van der Waals surface area (Å²) >= 11 is 0. The van der Waals surface area contributed by atoms with E-state index in [1.165, 1.54) is 13.1 Å². The summed E-state index contributed by atoms with van der Waals surface area (Å²) in [7, 11) is -2.16. The van der Waals surface area contributed by atoms with Crippen molar-refractivity contribution in [1.82, 2.24) is 4.72 Å². The number of nitrogens with two attached hydrogens (primary N) is 1. The molecule has 0 aromatic heterocycles. The summed E-state index contributed by atoms with van der Waals surface area (Å²) in [6.45, 7) is 3.50. The number of ether oxygens (including phenoxy) is 1. The standard InChI is InChI=1S/C13H21N3O3S/c1-13(6-3-7-19-9-13)16-10-4-5-12(11(14)8-10)20(17,18)15-2/h4-5,8,15-16H,3,6-7,9,14H2,1-2H3. The van der Waals surface area contributed by atoms with Gasteiger partial charge in [0.05, 0.1) is 17.8 Å². The molecule has 1 aliphatic rings. The molecular formula is C13H21N3O3S. The van der Waals surface area contributed by atoms with Crippen molar-refractivity contribution < 1.29 is 13.2 Å². The molecule has 0 amide bonds. The fourth-order valence-corrected chi connectivity index (χ4v) is 3.20. The Kier molecular flexibility index (Phi) is 4.22. The maximum Gasteiger partial charge on any atom is 0.242 e. The van der Waals surface area contributed by atoms with Gasteiger partial charge < -0.3 is 15.8 Å². The zero-order valence-electron chi connectivity index (χ0n) is 11.8. The highest BCUT2D eigenvalue weighted by atomic mass is 32.2. The zero-order valence-corrected chi connectivity index (χ0v) is 12.6. The molecule has 4 N–H and O–H groups in total. The van der Waals surface area contributed by atoms with Gasteiger partial charge in [0.2, 0.25) is 10.0 Å². The van der Waals surface area contributed by atoms with Gasteiger partial charge in [-0.1, -0.05) is 0 Å². The first-order valence-corrected chi connectivity index (χ1v) is 8.04. The molecular weight excluding hydrogens is 278 g/mol. The van der Waals surface area contributed by atoms with Crippen molar-refractivity contribution >= 4 is 21.4 Å². The first-order chi connectivity index (χ1) is 9.36. The summed E-state index contributed by atoms with van der Waals surface area (Å²) in [6, 6.07) is 4.88. The van der Waals surface area contributed by atoms with Gasteiger partial charge in [-0.25, -0.2) is 13.1 Å². The fourth-order valence-electron chi connectivity index (χ4n) is 2.36. The number of hydrogen-bond acceptors (Lipinski definition) is 5. The van der Waals surface area contributed by atoms with E-state index in [9.17, 15) is 8.42 Å². The third kappa shape index (κ3) is 3.23. The van der Waals surface area contributed by atoms with Crippen molar-refractivity contribution in [2.45, 2.75) is 30.2 Å². The van der Waals surface area contributed by atoms with Gasteiger partial charge in [0.1, 0.15) is 4.90 Å². The van der Waals surface area contributed by atoms with Crippen LogP contribution in [0, 0.1) is 0 Å². The monoisotopic (exact) mass is 299 g/mol. The molecule has 20 heavy (non-hydrogen) atoms. The molecule has 0 radical (unpaired) electrons. The van der Waals surface area contributed by atoms with E-state index in [0.717, 1.165) is 25.1 Å². The van der Waals surface area contributed by atoms with Crippen molar-refractivity contribution in [2.75, 3.05) is 31.3 Å². The van der Waals surface area contributed by atoms with Gasteiger partial charge in [-0.2, -0.15) is 0 Å². The number of benzene rings is 1. The minimum Gasteiger partial charge on any atom is -0.398 e. The summed E-state index contributed by atoms with van der Waals surface area (Å²) in [5, 5.41) is 3.37. The van der Waals surface area contributed by atoms with E-state index in [1.54, 1.807) is 12.1 Å². The minimum absolute atomic E-state index is 0.0931. The van der Waals surface area contributed by atoms with Gasteiger partial charge in [-0.3, -0.25) is 0 Å². The first-order valence-electron chi connectivity index (χ1n) is 6.55. The predicted molar refractivity (Wildman–Crippen MR) is 79.2 cm³/mol. The highest BCUT2D eigenvalue weighted by Gasteiger charge is 2.27. The number of nitrogen functional groups attached to an aromatic ring is 1. The van der Waals surface area contributed by atoms with E-state index in [0.29, 0.717) is 6.61 Å². The lowest BCUT2D eigenvalue weighted by molar-refractivity contribution is 0.0540. The Morgan fingerprint density at radius 1 is 1.40 bits per heavy atom. The highest BCUT2D eigenvalue weighted by molar-refractivity contribution is 7.89. The highest BCUT2D eigenvalue weighted by Crippen LogP contribution is 2.27. The third-order valence-electron chi connectivity index (χ3n) is 3.45. The van der Waals surface area contributed by atoms with Crippen LogP contribution in [-0.4, -0.2) is 34.2 Å². The molecule has 112 valence electrons. The lowest BCUT2D eigenvalue weighted by Crippen LogP contribution is -2.43. The molecule has 1 aromatic rings. The van der Waals surface area contributed by atoms with Gasteiger partial charge in [0, 0.05) is 12.3 Å². The lowest BCUT2D eigenvalue weighted by atomic mass is 9.94. The van der Waals surface area contributed by atoms with Crippen LogP contribution in [-0.2, 0) is 14.8 Å². The number of rotatable bonds is 4. The van der Waals surface area contributed by atoms with Crippen LogP contribution in [0.1, 0.15) is 19.8 Å². The van der Waals surface area contributed by atoms with Crippen LogP contribution in [0.2, 0.25) is 0 Å². The van der Waals surface area contributed by atoms with Crippen LogP contribution >= 0.6 is 0 Å². The van der Waals surface area contributed by atoms with Crippen LogP contribution < -0.4 is 15.8 Å². The molecule has 6 nitrogen and oxygen atoms in total. The smallest absolute Gasteiger partial charge is 0.242 e. The molecule has 1 atom stereocenters. The normalized spacial score (nSPS) is 23.5. The SMILES string of the molecule is CNS(=O)(=O)c1ccc(NC2(C)CCCOC2)cc1N. The van der Waals surface area contributed by atoms with Crippen LogP contribution in [0.5, 0.6) is 0 Å². The summed E-state index contributed by atoms with van der Waals surface area (Å²) < 4.78 is 31.3. The fraction of sp³-hybridized carbons (Fsp3) is 0.538. The van der Waals surface area contributed by atoms with Crippen LogP contribution in [0.4, 0.5) is 11.4 Å². The molecule has 0 spiro atoms. The van der Waals surface area contributed by atoms with Gasteiger partial charge in [0.15, 0.2) is 0 Å². The summed E-state index contributed by atoms with van der Waals surface area (Å²) in [4.78, 5) is 0.0931. The Labute approximate surface area is 119 Å². The van der Waals surface area contributed by atoms with Gasteiger partial charge in [-0.15, -0.1) is 0 Å². The summed E-state index contributed by atoms with van der Waals surface area (Å²) in [5.41, 5.74) is 6.72. The Balaban J connectivity index is 2.21. The van der Waals surface area contributed by atoms with Gasteiger partial charge in [0.25, 0.3) is 0 Å². The third-order valence-corrected chi connectivity index (χ3v) is 4.94. The second-order valence-electron chi connectivity index (χ2n) is 5.30. The molecule has 1 unspecified atom stereocenters. The van der Waals surface area contributed by atoms with Crippen LogP contribution in [0.15, 0.2) is 23.1 Å². The average Bonchev–Trinajstić information content (AvgIpc) is 2.38. The Hall–Kier alpha value is -1.31. The lowest BCUT2D eigenvalue weighted by Gasteiger charge is -2.35. The van der Waals surface area contributed by atoms with Crippen molar-refractivity contribution in [3.05, 3.63) is 18.2 Å². The Bertz CT molecular complexity index is 581. The van der Waals surface area contributed by atoms with E-state index in [4.69, 9.17) is 10.5 Å². The maximum absolute atomic E-state index is 11.8. The molecule has 2 rings (SSSR count). The van der Waals surface area contributed by atoms with E-state index >= 15 is 0 Å². The molecule has 0 bridgehead atoms. The largest absolute Gasteiger partial charge is 0.398 e. The Morgan fingerprint density at radius 2 is 2.15 bits per heavy atom. The van der Waals surface area contributed by atoms with Gasteiger partial charge >= 0.3 is 0 Å². The van der Waals surface area contributed by atoms with E-state index in [-0.39, 0.29) is 16.1 Å². The number of anilines is 2. The van der Waals surface area contributed by atoms with E-state index in [1.807, 2.05) is 0 Å². The topological polar surface area (TPSA) is 93.5 Å². The van der Waals surface area contributed by atoms with Crippen molar-refractivity contribution in [3.63, 3.8) is 0 Å². The zero-order chi connectivity index (χ0) is 14.8. The van der Waals surface area contributed by atoms with Crippen LogP contribution in [0.25, 0.3) is 0 Å². The second-order valence-corrected chi connectivity index (χ2v) is 7.16. The number of nitrogens with one attached hydrogen (secondary N) is 2. The molecule has 0 saturated carbocycles. The maximum atomic E-state index is 11.8. The molecule has 7 heteroatoms. The quantitative estimate of drug-likeness (QED) is 0.725. The van der Waals surface area contributed by atoms with Crippen molar-refractivity contribution in [1.29, 1.82) is 0 Å². The summed E-state index contributed by atoms with van der Waals surface area (Å²) in [5.74, 6) is 0. The molecule has 1 fully saturated rings. The van der Waals surface area contributed by atoms with Crippen LogP contribution in [0.3, 0.4) is 0 Å². The summed E-state index contributed by atoms with van der Waals surface area (Å²) in [6.07, 6.45) is 2.01. The number of hydrogen-bond donors (Lipinski definition) is 3. The molecule has 1 saturated heterocycles. The Morgan fingerprint density at radius 3 is 2.70 bits per heavy atom. The average molecular weight is 299 g/mol. The number of sulfonamides is 1. The molecule has 1 heterocycles. The predicted octanol–water partition coefficient (Wildman–Crippen LogP) is 1.16. The molecule has 1 aromatic carbocycles. The first kappa shape index (κ1) is 15.1. The minimum atomic E-state index is -3.52. The van der Waals surface area contributed by atoms with E-state index < -0.39 is 10.0 Å². The van der Waals surface area contributed by atoms with Gasteiger partial charge in [-0.05, 0) is 45.0 Å². The molecule has 0 aliphatic carbocycles. The van der Waals surface area contributed by atoms with Crippen molar-refractivity contribution in [3.8, 4) is 0 Å². The molecule has 1 aliphatic heterocycles. The van der Waals surface area contributed by atoms with E-state index in [2.05, 4.69) is 17.0 Å². The second kappa shape index (κ2) is 5.59.